The Bertz CT molecular complexity index is 777. The number of aromatic carboxylic acids is 2. The van der Waals surface area contributed by atoms with Crippen molar-refractivity contribution in [1.29, 1.82) is 0 Å². The van der Waals surface area contributed by atoms with Crippen LogP contribution >= 0.6 is 0 Å². The Kier molecular flexibility index (Phi) is 8.14. The van der Waals surface area contributed by atoms with E-state index in [4.69, 9.17) is 29.2 Å². The third-order valence-corrected chi connectivity index (χ3v) is 4.05. The molecule has 0 unspecified atom stereocenters. The lowest BCUT2D eigenvalue weighted by atomic mass is 10.2. The number of hydrogen-bond donors (Lipinski definition) is 2. The van der Waals surface area contributed by atoms with Gasteiger partial charge in [-0.05, 0) is 43.5 Å². The monoisotopic (exact) mass is 404 g/mol. The molecule has 29 heavy (non-hydrogen) atoms. The molecule has 0 spiro atoms. The predicted octanol–water partition coefficient (Wildman–Crippen LogP) is 3.73. The topological polar surface area (TPSA) is 112 Å². The molecule has 8 nitrogen and oxygen atoms in total. The van der Waals surface area contributed by atoms with E-state index in [1.807, 2.05) is 0 Å². The zero-order valence-corrected chi connectivity index (χ0v) is 16.3. The van der Waals surface area contributed by atoms with Crippen molar-refractivity contribution in [2.75, 3.05) is 27.4 Å². The Morgan fingerprint density at radius 2 is 1.03 bits per heavy atom. The number of methoxy groups -OCH3 is 2. The van der Waals surface area contributed by atoms with Crippen LogP contribution in [0, 0.1) is 0 Å². The Morgan fingerprint density at radius 3 is 1.38 bits per heavy atom. The summed E-state index contributed by atoms with van der Waals surface area (Å²) in [6.07, 6.45) is 2.33. The summed E-state index contributed by atoms with van der Waals surface area (Å²) in [6, 6.07) is 9.05. The molecule has 0 aliphatic heterocycles. The maximum absolute atomic E-state index is 11.1. The van der Waals surface area contributed by atoms with Gasteiger partial charge >= 0.3 is 11.9 Å². The van der Waals surface area contributed by atoms with Gasteiger partial charge < -0.3 is 29.2 Å². The molecule has 0 aromatic heterocycles. The van der Waals surface area contributed by atoms with Gasteiger partial charge in [0.2, 0.25) is 0 Å². The third kappa shape index (κ3) is 6.91. The highest BCUT2D eigenvalue weighted by molar-refractivity contribution is 5.89. The summed E-state index contributed by atoms with van der Waals surface area (Å²) in [5.74, 6) is -0.366. The van der Waals surface area contributed by atoms with Gasteiger partial charge in [0.25, 0.3) is 0 Å². The molecule has 0 radical (unpaired) electrons. The molecule has 0 saturated heterocycles. The summed E-state index contributed by atoms with van der Waals surface area (Å²) < 4.78 is 21.4. The van der Waals surface area contributed by atoms with Crippen molar-refractivity contribution in [1.82, 2.24) is 0 Å². The second kappa shape index (κ2) is 10.8. The van der Waals surface area contributed by atoms with E-state index in [0.717, 1.165) is 19.3 Å². The van der Waals surface area contributed by atoms with Crippen molar-refractivity contribution in [3.63, 3.8) is 0 Å². The fourth-order valence-electron chi connectivity index (χ4n) is 2.55. The number of hydrogen-bond acceptors (Lipinski definition) is 6. The minimum Gasteiger partial charge on any atom is -0.497 e. The molecule has 0 saturated carbocycles. The second-order valence-electron chi connectivity index (χ2n) is 6.16. The average molecular weight is 404 g/mol. The van der Waals surface area contributed by atoms with Gasteiger partial charge in [-0.1, -0.05) is 0 Å². The molecule has 8 heteroatoms. The minimum absolute atomic E-state index is 0.103. The molecule has 2 N–H and O–H groups in total. The number of carbonyl (C=O) groups is 2. The maximum atomic E-state index is 11.1. The summed E-state index contributed by atoms with van der Waals surface area (Å²) in [5.41, 5.74) is 0.207. The van der Waals surface area contributed by atoms with Gasteiger partial charge in [-0.25, -0.2) is 9.59 Å². The SMILES string of the molecule is COc1cc(OCCCCCOc2cc(OC)cc(C(=O)O)c2)cc(C(=O)O)c1. The highest BCUT2D eigenvalue weighted by Gasteiger charge is 2.09. The minimum atomic E-state index is -1.05. The van der Waals surface area contributed by atoms with Crippen LogP contribution in [0.1, 0.15) is 40.0 Å². The summed E-state index contributed by atoms with van der Waals surface area (Å²) in [7, 11) is 2.93. The van der Waals surface area contributed by atoms with Gasteiger partial charge in [0.05, 0.1) is 38.6 Å². The van der Waals surface area contributed by atoms with Crippen LogP contribution < -0.4 is 18.9 Å². The number of carboxylic acids is 2. The summed E-state index contributed by atoms with van der Waals surface area (Å²) >= 11 is 0. The summed E-state index contributed by atoms with van der Waals surface area (Å²) in [6.45, 7) is 0.850. The standard InChI is InChI=1S/C21H24O8/c1-26-16-8-14(20(22)23)10-18(12-16)28-6-4-3-5-7-29-19-11-15(21(24)25)9-17(13-19)27-2/h8-13H,3-7H2,1-2H3,(H,22,23)(H,24,25). The van der Waals surface area contributed by atoms with Crippen LogP contribution in [0.25, 0.3) is 0 Å². The van der Waals surface area contributed by atoms with E-state index in [1.54, 1.807) is 12.1 Å². The summed E-state index contributed by atoms with van der Waals surface area (Å²) in [4.78, 5) is 22.2. The Morgan fingerprint density at radius 1 is 0.655 bits per heavy atom. The lowest BCUT2D eigenvalue weighted by molar-refractivity contribution is 0.0685. The van der Waals surface area contributed by atoms with Gasteiger partial charge in [-0.2, -0.15) is 0 Å². The van der Waals surface area contributed by atoms with E-state index in [9.17, 15) is 9.59 Å². The van der Waals surface area contributed by atoms with Crippen LogP contribution in [0.5, 0.6) is 23.0 Å². The van der Waals surface area contributed by atoms with Crippen LogP contribution in [0.3, 0.4) is 0 Å². The number of unbranched alkanes of at least 4 members (excludes halogenated alkanes) is 2. The largest absolute Gasteiger partial charge is 0.497 e. The maximum Gasteiger partial charge on any atom is 0.335 e. The lowest BCUT2D eigenvalue weighted by Crippen LogP contribution is -2.04. The molecule has 2 aromatic rings. The van der Waals surface area contributed by atoms with Crippen molar-refractivity contribution in [3.8, 4) is 23.0 Å². The van der Waals surface area contributed by atoms with E-state index in [2.05, 4.69) is 0 Å². The van der Waals surface area contributed by atoms with Crippen LogP contribution in [-0.4, -0.2) is 49.6 Å². The van der Waals surface area contributed by atoms with E-state index in [-0.39, 0.29) is 11.1 Å². The van der Waals surface area contributed by atoms with Crippen molar-refractivity contribution in [3.05, 3.63) is 47.5 Å². The normalized spacial score (nSPS) is 10.3. The zero-order valence-electron chi connectivity index (χ0n) is 16.3. The molecule has 0 amide bonds. The lowest BCUT2D eigenvalue weighted by Gasteiger charge is -2.10. The van der Waals surface area contributed by atoms with E-state index in [1.165, 1.54) is 38.5 Å². The number of ether oxygens (including phenoxy) is 4. The van der Waals surface area contributed by atoms with Gasteiger partial charge in [-0.15, -0.1) is 0 Å². The van der Waals surface area contributed by atoms with E-state index in [0.29, 0.717) is 36.2 Å². The van der Waals surface area contributed by atoms with Gasteiger partial charge in [-0.3, -0.25) is 0 Å². The van der Waals surface area contributed by atoms with Gasteiger partial charge in [0, 0.05) is 12.1 Å². The van der Waals surface area contributed by atoms with E-state index < -0.39 is 11.9 Å². The molecule has 0 heterocycles. The molecule has 0 fully saturated rings. The predicted molar refractivity (Wildman–Crippen MR) is 105 cm³/mol. The Balaban J connectivity index is 1.74. The number of rotatable bonds is 12. The molecule has 0 bridgehead atoms. The first-order chi connectivity index (χ1) is 13.9. The molecule has 0 atom stereocenters. The van der Waals surface area contributed by atoms with Crippen molar-refractivity contribution >= 4 is 11.9 Å². The van der Waals surface area contributed by atoms with Gasteiger partial charge in [0.15, 0.2) is 0 Å². The molecule has 156 valence electrons. The van der Waals surface area contributed by atoms with Crippen molar-refractivity contribution in [2.24, 2.45) is 0 Å². The Labute approximate surface area is 168 Å². The number of carboxylic acid groups (broad SMARTS) is 2. The average Bonchev–Trinajstić information content (AvgIpc) is 2.72. The quantitative estimate of drug-likeness (QED) is 0.515. The highest BCUT2D eigenvalue weighted by Crippen LogP contribution is 2.24. The molecule has 2 rings (SSSR count). The molecular weight excluding hydrogens is 380 g/mol. The van der Waals surface area contributed by atoms with Crippen molar-refractivity contribution < 1.29 is 38.7 Å². The first kappa shape index (κ1) is 21.9. The third-order valence-electron chi connectivity index (χ3n) is 4.05. The number of benzene rings is 2. The fraction of sp³-hybridized carbons (Fsp3) is 0.333. The van der Waals surface area contributed by atoms with Crippen LogP contribution in [0.4, 0.5) is 0 Å². The molecule has 0 aliphatic carbocycles. The van der Waals surface area contributed by atoms with Crippen LogP contribution in [-0.2, 0) is 0 Å². The summed E-state index contributed by atoms with van der Waals surface area (Å²) in [5, 5.41) is 18.2. The fourth-order valence-corrected chi connectivity index (χ4v) is 2.55. The first-order valence-electron chi connectivity index (χ1n) is 9.03. The zero-order chi connectivity index (χ0) is 21.2. The molecule has 0 aliphatic rings. The molecular formula is C21H24O8. The molecule has 2 aromatic carbocycles. The van der Waals surface area contributed by atoms with E-state index >= 15 is 0 Å². The van der Waals surface area contributed by atoms with Crippen LogP contribution in [0.15, 0.2) is 36.4 Å². The second-order valence-corrected chi connectivity index (χ2v) is 6.16. The first-order valence-corrected chi connectivity index (χ1v) is 9.03. The smallest absolute Gasteiger partial charge is 0.335 e. The Hall–Kier alpha value is -3.42. The van der Waals surface area contributed by atoms with Crippen molar-refractivity contribution in [2.45, 2.75) is 19.3 Å². The van der Waals surface area contributed by atoms with Crippen LogP contribution in [0.2, 0.25) is 0 Å². The van der Waals surface area contributed by atoms with Gasteiger partial charge in [0.1, 0.15) is 23.0 Å². The highest BCUT2D eigenvalue weighted by atomic mass is 16.5.